The summed E-state index contributed by atoms with van der Waals surface area (Å²) in [6, 6.07) is 4.41. The topological polar surface area (TPSA) is 104 Å². The lowest BCUT2D eigenvalue weighted by atomic mass is 10.2. The van der Waals surface area contributed by atoms with Crippen LogP contribution in [0.4, 0.5) is 0 Å². The summed E-state index contributed by atoms with van der Waals surface area (Å²) in [6.07, 6.45) is 3.39. The number of carboxylic acid groups (broad SMARTS) is 1. The van der Waals surface area contributed by atoms with Crippen LogP contribution in [0.5, 0.6) is 0 Å². The second kappa shape index (κ2) is 8.81. The minimum absolute atomic E-state index is 0.00843. The van der Waals surface area contributed by atoms with E-state index in [-0.39, 0.29) is 11.3 Å². The minimum Gasteiger partial charge on any atom is -0.480 e. The third-order valence-electron chi connectivity index (χ3n) is 3.13. The van der Waals surface area contributed by atoms with E-state index in [1.54, 1.807) is 19.1 Å². The molecular formula is C15H19ClN2O5S. The second-order valence-electron chi connectivity index (χ2n) is 4.98. The van der Waals surface area contributed by atoms with Gasteiger partial charge in [0.1, 0.15) is 6.04 Å². The predicted molar refractivity (Wildman–Crippen MR) is 90.3 cm³/mol. The predicted octanol–water partition coefficient (Wildman–Crippen LogP) is 1.50. The van der Waals surface area contributed by atoms with Crippen molar-refractivity contribution in [1.82, 2.24) is 9.62 Å². The zero-order chi connectivity index (χ0) is 18.3. The summed E-state index contributed by atoms with van der Waals surface area (Å²) in [6.45, 7) is 1.23. The molecule has 1 rings (SSSR count). The van der Waals surface area contributed by atoms with E-state index in [2.05, 4.69) is 5.32 Å². The van der Waals surface area contributed by atoms with Gasteiger partial charge in [0, 0.05) is 12.1 Å². The lowest BCUT2D eigenvalue weighted by molar-refractivity contribution is -0.141. The molecule has 0 saturated heterocycles. The Morgan fingerprint density at radius 2 is 1.92 bits per heavy atom. The van der Waals surface area contributed by atoms with Gasteiger partial charge in [-0.2, -0.15) is 4.31 Å². The van der Waals surface area contributed by atoms with Crippen molar-refractivity contribution in [1.29, 1.82) is 0 Å². The first-order chi connectivity index (χ1) is 11.2. The van der Waals surface area contributed by atoms with E-state index in [9.17, 15) is 18.0 Å². The summed E-state index contributed by atoms with van der Waals surface area (Å²) in [5, 5.41) is 11.7. The van der Waals surface area contributed by atoms with E-state index in [0.29, 0.717) is 5.02 Å². The number of aliphatic carboxylic acids is 1. The van der Waals surface area contributed by atoms with Gasteiger partial charge in [-0.05, 0) is 37.6 Å². The average molecular weight is 375 g/mol. The Hall–Kier alpha value is -1.90. The number of likely N-dealkylation sites (N-methyl/N-ethyl adjacent to an activating group) is 1. The Morgan fingerprint density at radius 1 is 1.33 bits per heavy atom. The Balaban J connectivity index is 2.78. The molecule has 0 spiro atoms. The molecular weight excluding hydrogens is 356 g/mol. The monoisotopic (exact) mass is 374 g/mol. The molecule has 24 heavy (non-hydrogen) atoms. The lowest BCUT2D eigenvalue weighted by Gasteiger charge is -2.19. The number of sulfonamides is 1. The van der Waals surface area contributed by atoms with Crippen LogP contribution < -0.4 is 5.32 Å². The number of halogens is 1. The van der Waals surface area contributed by atoms with Gasteiger partial charge >= 0.3 is 5.97 Å². The number of nitrogens with zero attached hydrogens (tertiary/aromatic N) is 1. The third kappa shape index (κ3) is 5.63. The first kappa shape index (κ1) is 20.1. The van der Waals surface area contributed by atoms with Crippen molar-refractivity contribution < 1.29 is 23.1 Å². The van der Waals surface area contributed by atoms with Crippen molar-refractivity contribution in [2.45, 2.75) is 24.3 Å². The van der Waals surface area contributed by atoms with Crippen molar-refractivity contribution in [2.24, 2.45) is 0 Å². The van der Waals surface area contributed by atoms with Crippen LogP contribution in [0.1, 0.15) is 13.3 Å². The number of carboxylic acids is 1. The molecule has 1 unspecified atom stereocenters. The maximum atomic E-state index is 12.3. The Bertz CT molecular complexity index is 716. The van der Waals surface area contributed by atoms with Gasteiger partial charge in [-0.15, -0.1) is 0 Å². The summed E-state index contributed by atoms with van der Waals surface area (Å²) in [5.41, 5.74) is 0. The molecule has 1 aromatic carbocycles. The highest BCUT2D eigenvalue weighted by Gasteiger charge is 2.25. The molecule has 132 valence electrons. The Kier molecular flexibility index (Phi) is 7.40. The van der Waals surface area contributed by atoms with Gasteiger partial charge in [0.15, 0.2) is 0 Å². The number of benzene rings is 1. The normalized spacial score (nSPS) is 13.2. The van der Waals surface area contributed by atoms with Gasteiger partial charge in [0.25, 0.3) is 0 Å². The summed E-state index contributed by atoms with van der Waals surface area (Å²) in [7, 11) is -2.63. The van der Waals surface area contributed by atoms with Gasteiger partial charge in [-0.3, -0.25) is 4.79 Å². The highest BCUT2D eigenvalue weighted by molar-refractivity contribution is 7.89. The Labute approximate surface area is 146 Å². The number of carbonyl (C=O) groups is 2. The molecule has 0 aromatic heterocycles. The van der Waals surface area contributed by atoms with Crippen molar-refractivity contribution >= 4 is 33.5 Å². The van der Waals surface area contributed by atoms with E-state index in [1.807, 2.05) is 0 Å². The smallest absolute Gasteiger partial charge is 0.326 e. The molecule has 0 saturated carbocycles. The highest BCUT2D eigenvalue weighted by Crippen LogP contribution is 2.17. The molecule has 0 aliphatic rings. The standard InChI is InChI=1S/C15H19ClN2O5S/c1-3-4-5-13(15(20)21)17-14(19)10-18(2)24(22,23)12-8-6-11(16)7-9-12/h3-4,6-9,13H,5,10H2,1-2H3,(H,17,19)(H,20,21)/b4-3+. The van der Waals surface area contributed by atoms with E-state index < -0.39 is 34.5 Å². The SMILES string of the molecule is C/C=C/CC(NC(=O)CN(C)S(=O)(=O)c1ccc(Cl)cc1)C(=O)O. The first-order valence-corrected chi connectivity index (χ1v) is 8.85. The van der Waals surface area contributed by atoms with E-state index in [1.165, 1.54) is 31.3 Å². The summed E-state index contributed by atoms with van der Waals surface area (Å²) >= 11 is 5.72. The molecule has 0 aliphatic carbocycles. The van der Waals surface area contributed by atoms with Crippen LogP contribution >= 0.6 is 11.6 Å². The molecule has 0 bridgehead atoms. The van der Waals surface area contributed by atoms with Crippen molar-refractivity contribution in [3.63, 3.8) is 0 Å². The van der Waals surface area contributed by atoms with E-state index in [0.717, 1.165) is 4.31 Å². The number of hydrogen-bond donors (Lipinski definition) is 2. The highest BCUT2D eigenvalue weighted by atomic mass is 35.5. The Morgan fingerprint density at radius 3 is 2.42 bits per heavy atom. The summed E-state index contributed by atoms with van der Waals surface area (Å²) in [5.74, 6) is -1.89. The van der Waals surface area contributed by atoms with Crippen molar-refractivity contribution in [3.05, 3.63) is 41.4 Å². The van der Waals surface area contributed by atoms with Gasteiger partial charge in [-0.1, -0.05) is 23.8 Å². The van der Waals surface area contributed by atoms with Crippen LogP contribution in [-0.4, -0.2) is 49.3 Å². The number of rotatable bonds is 8. The van der Waals surface area contributed by atoms with Gasteiger partial charge < -0.3 is 10.4 Å². The van der Waals surface area contributed by atoms with Crippen molar-refractivity contribution in [2.75, 3.05) is 13.6 Å². The molecule has 0 fully saturated rings. The molecule has 1 aromatic rings. The molecule has 1 amide bonds. The van der Waals surface area contributed by atoms with Crippen LogP contribution in [0.2, 0.25) is 5.02 Å². The van der Waals surface area contributed by atoms with Gasteiger partial charge in [0.2, 0.25) is 15.9 Å². The minimum atomic E-state index is -3.87. The maximum absolute atomic E-state index is 12.3. The summed E-state index contributed by atoms with van der Waals surface area (Å²) < 4.78 is 25.5. The first-order valence-electron chi connectivity index (χ1n) is 7.03. The number of hydrogen-bond acceptors (Lipinski definition) is 4. The number of amides is 1. The molecule has 1 atom stereocenters. The zero-order valence-corrected chi connectivity index (χ0v) is 14.8. The van der Waals surface area contributed by atoms with Crippen LogP contribution in [0.15, 0.2) is 41.3 Å². The number of nitrogens with one attached hydrogen (secondary N) is 1. The maximum Gasteiger partial charge on any atom is 0.326 e. The van der Waals surface area contributed by atoms with Gasteiger partial charge in [-0.25, -0.2) is 13.2 Å². The van der Waals surface area contributed by atoms with Crippen LogP contribution in [0.3, 0.4) is 0 Å². The van der Waals surface area contributed by atoms with E-state index >= 15 is 0 Å². The molecule has 9 heteroatoms. The fraction of sp³-hybridized carbons (Fsp3) is 0.333. The molecule has 0 heterocycles. The fourth-order valence-electron chi connectivity index (χ4n) is 1.81. The largest absolute Gasteiger partial charge is 0.480 e. The number of carbonyl (C=O) groups excluding carboxylic acids is 1. The van der Waals surface area contributed by atoms with Crippen LogP contribution in [0, 0.1) is 0 Å². The summed E-state index contributed by atoms with van der Waals surface area (Å²) in [4.78, 5) is 23.0. The van der Waals surface area contributed by atoms with E-state index in [4.69, 9.17) is 16.7 Å². The second-order valence-corrected chi connectivity index (χ2v) is 7.46. The average Bonchev–Trinajstić information content (AvgIpc) is 2.51. The number of allylic oxidation sites excluding steroid dienone is 1. The lowest BCUT2D eigenvalue weighted by Crippen LogP contribution is -2.45. The molecule has 0 radical (unpaired) electrons. The van der Waals surface area contributed by atoms with Crippen LogP contribution in [0.25, 0.3) is 0 Å². The molecule has 7 nitrogen and oxygen atoms in total. The molecule has 0 aliphatic heterocycles. The van der Waals surface area contributed by atoms with Gasteiger partial charge in [0.05, 0.1) is 11.4 Å². The fourth-order valence-corrected chi connectivity index (χ4v) is 3.06. The quantitative estimate of drug-likeness (QED) is 0.671. The van der Waals surface area contributed by atoms with Crippen molar-refractivity contribution in [3.8, 4) is 0 Å². The van der Waals surface area contributed by atoms with Crippen LogP contribution in [-0.2, 0) is 19.6 Å². The third-order valence-corrected chi connectivity index (χ3v) is 5.20. The zero-order valence-electron chi connectivity index (χ0n) is 13.3. The molecule has 2 N–H and O–H groups in total.